The number of anilines is 1. The van der Waals surface area contributed by atoms with Gasteiger partial charge >= 0.3 is 11.7 Å². The number of carboxylic acids is 1. The monoisotopic (exact) mass is 239 g/mol. The van der Waals surface area contributed by atoms with Crippen LogP contribution in [0.4, 0.5) is 11.5 Å². The third-order valence-electron chi connectivity index (χ3n) is 2.08. The maximum Gasteiger partial charge on any atom is 0.323 e. The Morgan fingerprint density at radius 1 is 1.65 bits per heavy atom. The molecule has 0 atom stereocenters. The first-order valence-electron chi connectivity index (χ1n) is 5.12. The SMILES string of the molecule is CCCN(CC(=O)O)c1ncccc1[N+](=O)[O-]. The van der Waals surface area contributed by atoms with Crippen molar-refractivity contribution in [2.75, 3.05) is 18.0 Å². The quantitative estimate of drug-likeness (QED) is 0.593. The van der Waals surface area contributed by atoms with Crippen molar-refractivity contribution in [3.05, 3.63) is 28.4 Å². The Morgan fingerprint density at radius 3 is 2.88 bits per heavy atom. The van der Waals surface area contributed by atoms with Crippen molar-refractivity contribution in [2.45, 2.75) is 13.3 Å². The lowest BCUT2D eigenvalue weighted by atomic mass is 10.3. The van der Waals surface area contributed by atoms with Gasteiger partial charge in [-0.3, -0.25) is 14.9 Å². The van der Waals surface area contributed by atoms with Crippen LogP contribution >= 0.6 is 0 Å². The molecule has 0 spiro atoms. The molecule has 0 aliphatic heterocycles. The lowest BCUT2D eigenvalue weighted by molar-refractivity contribution is -0.384. The number of carboxylic acid groups (broad SMARTS) is 1. The zero-order chi connectivity index (χ0) is 12.8. The van der Waals surface area contributed by atoms with Crippen molar-refractivity contribution >= 4 is 17.5 Å². The van der Waals surface area contributed by atoms with Gasteiger partial charge in [-0.25, -0.2) is 4.98 Å². The van der Waals surface area contributed by atoms with Gasteiger partial charge in [0.1, 0.15) is 6.54 Å². The van der Waals surface area contributed by atoms with E-state index in [1.54, 1.807) is 0 Å². The molecular weight excluding hydrogens is 226 g/mol. The van der Waals surface area contributed by atoms with Crippen LogP contribution in [0, 0.1) is 10.1 Å². The summed E-state index contributed by atoms with van der Waals surface area (Å²) >= 11 is 0. The molecule has 0 aliphatic rings. The van der Waals surface area contributed by atoms with Gasteiger partial charge in [0.05, 0.1) is 4.92 Å². The van der Waals surface area contributed by atoms with Crippen LogP contribution in [0.25, 0.3) is 0 Å². The molecule has 17 heavy (non-hydrogen) atoms. The summed E-state index contributed by atoms with van der Waals surface area (Å²) in [7, 11) is 0. The van der Waals surface area contributed by atoms with Gasteiger partial charge < -0.3 is 10.0 Å². The van der Waals surface area contributed by atoms with Gasteiger partial charge in [0, 0.05) is 18.8 Å². The first-order chi connectivity index (χ1) is 8.06. The Bertz CT molecular complexity index is 422. The highest BCUT2D eigenvalue weighted by atomic mass is 16.6. The maximum atomic E-state index is 10.8. The molecule has 92 valence electrons. The largest absolute Gasteiger partial charge is 0.480 e. The number of aromatic nitrogens is 1. The number of hydrogen-bond acceptors (Lipinski definition) is 5. The molecular formula is C10H13N3O4. The second-order valence-corrected chi connectivity index (χ2v) is 3.42. The van der Waals surface area contributed by atoms with Crippen molar-refractivity contribution in [3.63, 3.8) is 0 Å². The Balaban J connectivity index is 3.08. The minimum Gasteiger partial charge on any atom is -0.480 e. The normalized spacial score (nSPS) is 9.94. The van der Waals surface area contributed by atoms with Crippen molar-refractivity contribution in [1.82, 2.24) is 4.98 Å². The second-order valence-electron chi connectivity index (χ2n) is 3.42. The molecule has 0 bridgehead atoms. The van der Waals surface area contributed by atoms with E-state index in [-0.39, 0.29) is 18.1 Å². The second kappa shape index (κ2) is 5.78. The van der Waals surface area contributed by atoms with Gasteiger partial charge in [0.15, 0.2) is 0 Å². The van der Waals surface area contributed by atoms with Crippen molar-refractivity contribution in [1.29, 1.82) is 0 Å². The van der Waals surface area contributed by atoms with E-state index in [1.165, 1.54) is 23.2 Å². The van der Waals surface area contributed by atoms with Crippen LogP contribution in [0.15, 0.2) is 18.3 Å². The molecule has 0 fully saturated rings. The summed E-state index contributed by atoms with van der Waals surface area (Å²) in [6, 6.07) is 2.76. The Hall–Kier alpha value is -2.18. The summed E-state index contributed by atoms with van der Waals surface area (Å²) in [4.78, 5) is 26.2. The Morgan fingerprint density at radius 2 is 2.35 bits per heavy atom. The zero-order valence-electron chi connectivity index (χ0n) is 9.37. The fraction of sp³-hybridized carbons (Fsp3) is 0.400. The molecule has 0 aromatic carbocycles. The Kier molecular flexibility index (Phi) is 4.38. The minimum absolute atomic E-state index is 0.0988. The van der Waals surface area contributed by atoms with Crippen molar-refractivity contribution < 1.29 is 14.8 Å². The summed E-state index contributed by atoms with van der Waals surface area (Å²) in [5.41, 5.74) is -0.179. The molecule has 1 aromatic heterocycles. The van der Waals surface area contributed by atoms with Gasteiger partial charge in [0.2, 0.25) is 5.82 Å². The highest BCUT2D eigenvalue weighted by Gasteiger charge is 2.21. The predicted molar refractivity (Wildman–Crippen MR) is 61.0 cm³/mol. The predicted octanol–water partition coefficient (Wildman–Crippen LogP) is 1.29. The number of pyridine rings is 1. The summed E-state index contributed by atoms with van der Waals surface area (Å²) in [6.07, 6.45) is 2.09. The summed E-state index contributed by atoms with van der Waals surface area (Å²) in [5, 5.41) is 19.6. The molecule has 1 heterocycles. The molecule has 0 saturated carbocycles. The summed E-state index contributed by atoms with van der Waals surface area (Å²) in [6.45, 7) is 1.97. The van der Waals surface area contributed by atoms with E-state index >= 15 is 0 Å². The number of hydrogen-bond donors (Lipinski definition) is 1. The highest BCUT2D eigenvalue weighted by Crippen LogP contribution is 2.24. The van der Waals surface area contributed by atoms with Crippen LogP contribution in [0.1, 0.15) is 13.3 Å². The van der Waals surface area contributed by atoms with Crippen molar-refractivity contribution in [2.24, 2.45) is 0 Å². The fourth-order valence-electron chi connectivity index (χ4n) is 1.47. The van der Waals surface area contributed by atoms with Crippen LogP contribution in [0.3, 0.4) is 0 Å². The topological polar surface area (TPSA) is 96.6 Å². The number of nitro groups is 1. The van der Waals surface area contributed by atoms with E-state index in [1.807, 2.05) is 6.92 Å². The van der Waals surface area contributed by atoms with Crippen LogP contribution in [-0.4, -0.2) is 34.1 Å². The summed E-state index contributed by atoms with van der Waals surface area (Å²) in [5.74, 6) is -0.944. The third-order valence-corrected chi connectivity index (χ3v) is 2.08. The molecule has 0 saturated heterocycles. The molecule has 1 rings (SSSR count). The first-order valence-corrected chi connectivity index (χ1v) is 5.12. The lowest BCUT2D eigenvalue weighted by Gasteiger charge is -2.20. The van der Waals surface area contributed by atoms with Gasteiger partial charge in [-0.1, -0.05) is 6.92 Å². The van der Waals surface area contributed by atoms with Gasteiger partial charge in [-0.05, 0) is 12.5 Å². The third kappa shape index (κ3) is 3.40. The van der Waals surface area contributed by atoms with Gasteiger partial charge in [-0.2, -0.15) is 0 Å². The van der Waals surface area contributed by atoms with Crippen molar-refractivity contribution in [3.8, 4) is 0 Å². The molecule has 0 aliphatic carbocycles. The van der Waals surface area contributed by atoms with E-state index in [9.17, 15) is 14.9 Å². The fourth-order valence-corrected chi connectivity index (χ4v) is 1.47. The van der Waals surface area contributed by atoms with Crippen LogP contribution < -0.4 is 4.90 Å². The number of carbonyl (C=O) groups is 1. The van der Waals surface area contributed by atoms with Gasteiger partial charge in [0.25, 0.3) is 0 Å². The average molecular weight is 239 g/mol. The molecule has 1 N–H and O–H groups in total. The molecule has 1 aromatic rings. The molecule has 7 nitrogen and oxygen atoms in total. The number of rotatable bonds is 6. The molecule has 0 amide bonds. The standard InChI is InChI=1S/C10H13N3O4/c1-2-6-12(7-9(14)15)10-8(13(16)17)4-3-5-11-10/h3-5H,2,6-7H2,1H3,(H,14,15). The van der Waals surface area contributed by atoms with E-state index in [0.717, 1.165) is 0 Å². The molecule has 0 radical (unpaired) electrons. The first kappa shape index (κ1) is 12.9. The minimum atomic E-state index is -1.04. The molecule has 0 unspecified atom stereocenters. The highest BCUT2D eigenvalue weighted by molar-refractivity contribution is 5.74. The summed E-state index contributed by atoms with van der Waals surface area (Å²) < 4.78 is 0. The number of nitrogens with zero attached hydrogens (tertiary/aromatic N) is 3. The van der Waals surface area contributed by atoms with Crippen LogP contribution in [0.2, 0.25) is 0 Å². The van der Waals surface area contributed by atoms with Gasteiger partial charge in [-0.15, -0.1) is 0 Å². The molecule has 7 heteroatoms. The lowest BCUT2D eigenvalue weighted by Crippen LogP contribution is -2.31. The van der Waals surface area contributed by atoms with Crippen LogP contribution in [-0.2, 0) is 4.79 Å². The smallest absolute Gasteiger partial charge is 0.323 e. The number of aliphatic carboxylic acids is 1. The maximum absolute atomic E-state index is 10.8. The average Bonchev–Trinajstić information content (AvgIpc) is 2.28. The van der Waals surface area contributed by atoms with Crippen LogP contribution in [0.5, 0.6) is 0 Å². The van der Waals surface area contributed by atoms with E-state index in [4.69, 9.17) is 5.11 Å². The van der Waals surface area contributed by atoms with E-state index < -0.39 is 10.9 Å². The van der Waals surface area contributed by atoms with E-state index in [2.05, 4.69) is 4.98 Å². The zero-order valence-corrected chi connectivity index (χ0v) is 9.37. The van der Waals surface area contributed by atoms with E-state index in [0.29, 0.717) is 13.0 Å². The Labute approximate surface area is 97.8 Å².